The van der Waals surface area contributed by atoms with Gasteiger partial charge in [-0.25, -0.2) is 0 Å². The summed E-state index contributed by atoms with van der Waals surface area (Å²) in [4.78, 5) is 0. The Morgan fingerprint density at radius 1 is 1.17 bits per heavy atom. The third-order valence-electron chi connectivity index (χ3n) is 3.76. The van der Waals surface area contributed by atoms with Crippen LogP contribution in [0.1, 0.15) is 25.0 Å². The van der Waals surface area contributed by atoms with Crippen molar-refractivity contribution in [3.05, 3.63) is 58.3 Å². The van der Waals surface area contributed by atoms with Crippen LogP contribution in [0.3, 0.4) is 0 Å². The van der Waals surface area contributed by atoms with Crippen LogP contribution in [0.2, 0.25) is 0 Å². The van der Waals surface area contributed by atoms with Gasteiger partial charge in [-0.05, 0) is 41.4 Å². The van der Waals surface area contributed by atoms with Crippen LogP contribution in [0.15, 0.2) is 47.2 Å². The predicted molar refractivity (Wildman–Crippen MR) is 80.3 cm³/mol. The first-order valence-corrected chi connectivity index (χ1v) is 7.32. The largest absolute Gasteiger partial charge is 0.316 e. The zero-order valence-corrected chi connectivity index (χ0v) is 12.1. The molecule has 0 fully saturated rings. The van der Waals surface area contributed by atoms with E-state index in [1.54, 1.807) is 11.3 Å². The molecule has 0 saturated carbocycles. The Hall–Kier alpha value is -1.12. The number of hydrogen-bond acceptors (Lipinski definition) is 2. The Morgan fingerprint density at radius 2 is 1.89 bits per heavy atom. The van der Waals surface area contributed by atoms with Crippen molar-refractivity contribution in [3.8, 4) is 0 Å². The lowest BCUT2D eigenvalue weighted by molar-refractivity contribution is 0.357. The molecule has 1 unspecified atom stereocenters. The normalized spacial score (nSPS) is 13.5. The maximum atomic E-state index is 3.48. The standard InChI is InChI=1S/C16H21NS/c1-16(2,14-7-5-4-6-8-14)15(17-3)11-13-9-10-18-12-13/h4-10,12,15,17H,11H2,1-3H3. The second kappa shape index (κ2) is 5.68. The van der Waals surface area contributed by atoms with Crippen LogP contribution >= 0.6 is 11.3 Å². The van der Waals surface area contributed by atoms with Gasteiger partial charge in [0.2, 0.25) is 0 Å². The smallest absolute Gasteiger partial charge is 0.0196 e. The van der Waals surface area contributed by atoms with Crippen LogP contribution in [0, 0.1) is 0 Å². The molecule has 18 heavy (non-hydrogen) atoms. The summed E-state index contributed by atoms with van der Waals surface area (Å²) < 4.78 is 0. The summed E-state index contributed by atoms with van der Waals surface area (Å²) >= 11 is 1.77. The molecule has 0 radical (unpaired) electrons. The van der Waals surface area contributed by atoms with E-state index in [1.165, 1.54) is 11.1 Å². The third-order valence-corrected chi connectivity index (χ3v) is 4.49. The summed E-state index contributed by atoms with van der Waals surface area (Å²) in [6.45, 7) is 4.63. The van der Waals surface area contributed by atoms with Crippen LogP contribution in [-0.2, 0) is 11.8 Å². The highest BCUT2D eigenvalue weighted by atomic mass is 32.1. The van der Waals surface area contributed by atoms with E-state index in [2.05, 4.69) is 73.4 Å². The molecule has 0 aliphatic rings. The number of rotatable bonds is 5. The molecule has 2 heteroatoms. The summed E-state index contributed by atoms with van der Waals surface area (Å²) in [6, 6.07) is 13.4. The van der Waals surface area contributed by atoms with E-state index in [0.717, 1.165) is 6.42 Å². The summed E-state index contributed by atoms with van der Waals surface area (Å²) in [6.07, 6.45) is 1.07. The highest BCUT2D eigenvalue weighted by Gasteiger charge is 2.30. The SMILES string of the molecule is CNC(Cc1ccsc1)C(C)(C)c1ccccc1. The van der Waals surface area contributed by atoms with E-state index >= 15 is 0 Å². The van der Waals surface area contributed by atoms with Gasteiger partial charge in [0, 0.05) is 11.5 Å². The van der Waals surface area contributed by atoms with Gasteiger partial charge >= 0.3 is 0 Å². The highest BCUT2D eigenvalue weighted by Crippen LogP contribution is 2.29. The van der Waals surface area contributed by atoms with Crippen molar-refractivity contribution in [3.63, 3.8) is 0 Å². The highest BCUT2D eigenvalue weighted by molar-refractivity contribution is 7.07. The van der Waals surface area contributed by atoms with Crippen molar-refractivity contribution >= 4 is 11.3 Å². The number of thiophene rings is 1. The van der Waals surface area contributed by atoms with Gasteiger partial charge in [-0.2, -0.15) is 11.3 Å². The molecule has 0 spiro atoms. The van der Waals surface area contributed by atoms with Gasteiger partial charge in [0.1, 0.15) is 0 Å². The summed E-state index contributed by atoms with van der Waals surface area (Å²) in [5.74, 6) is 0. The topological polar surface area (TPSA) is 12.0 Å². The number of hydrogen-bond donors (Lipinski definition) is 1. The van der Waals surface area contributed by atoms with Gasteiger partial charge in [-0.1, -0.05) is 44.2 Å². The average molecular weight is 259 g/mol. The molecule has 2 aromatic rings. The summed E-state index contributed by atoms with van der Waals surface area (Å²) in [5, 5.41) is 7.88. The van der Waals surface area contributed by atoms with E-state index in [4.69, 9.17) is 0 Å². The molecule has 1 aromatic heterocycles. The molecule has 1 N–H and O–H groups in total. The lowest BCUT2D eigenvalue weighted by atomic mass is 9.76. The van der Waals surface area contributed by atoms with Gasteiger partial charge in [0.25, 0.3) is 0 Å². The van der Waals surface area contributed by atoms with E-state index in [-0.39, 0.29) is 5.41 Å². The zero-order chi connectivity index (χ0) is 13.0. The second-order valence-electron chi connectivity index (χ2n) is 5.26. The van der Waals surface area contributed by atoms with E-state index in [9.17, 15) is 0 Å². The van der Waals surface area contributed by atoms with E-state index in [1.807, 2.05) is 0 Å². The second-order valence-corrected chi connectivity index (χ2v) is 6.04. The first kappa shape index (κ1) is 13.3. The third kappa shape index (κ3) is 2.82. The first-order valence-electron chi connectivity index (χ1n) is 6.38. The Bertz CT molecular complexity index is 459. The van der Waals surface area contributed by atoms with E-state index in [0.29, 0.717) is 6.04 Å². The molecule has 0 aliphatic carbocycles. The molecule has 2 rings (SSSR count). The predicted octanol–water partition coefficient (Wildman–Crippen LogP) is 3.86. The molecular weight excluding hydrogens is 238 g/mol. The van der Waals surface area contributed by atoms with Gasteiger partial charge in [-0.3, -0.25) is 0 Å². The molecule has 0 amide bonds. The molecule has 1 aromatic carbocycles. The number of likely N-dealkylation sites (N-methyl/N-ethyl adjacent to an activating group) is 1. The molecule has 1 heterocycles. The van der Waals surface area contributed by atoms with Crippen molar-refractivity contribution < 1.29 is 0 Å². The number of nitrogens with one attached hydrogen (secondary N) is 1. The number of benzene rings is 1. The van der Waals surface area contributed by atoms with Gasteiger partial charge in [0.15, 0.2) is 0 Å². The quantitative estimate of drug-likeness (QED) is 0.860. The molecule has 1 nitrogen and oxygen atoms in total. The molecule has 0 bridgehead atoms. The lowest BCUT2D eigenvalue weighted by Crippen LogP contribution is -2.44. The maximum absolute atomic E-state index is 3.48. The van der Waals surface area contributed by atoms with Gasteiger partial charge in [0.05, 0.1) is 0 Å². The lowest BCUT2D eigenvalue weighted by Gasteiger charge is -2.35. The van der Waals surface area contributed by atoms with E-state index < -0.39 is 0 Å². The molecule has 0 aliphatic heterocycles. The van der Waals surface area contributed by atoms with Crippen LogP contribution in [0.25, 0.3) is 0 Å². The Labute approximate surface area is 114 Å². The first-order chi connectivity index (χ1) is 8.64. The van der Waals surface area contributed by atoms with Gasteiger partial charge < -0.3 is 5.32 Å². The summed E-state index contributed by atoms with van der Waals surface area (Å²) in [7, 11) is 2.06. The van der Waals surface area contributed by atoms with Crippen molar-refractivity contribution in [2.24, 2.45) is 0 Å². The van der Waals surface area contributed by atoms with Crippen molar-refractivity contribution in [2.45, 2.75) is 31.7 Å². The average Bonchev–Trinajstić information content (AvgIpc) is 2.89. The minimum atomic E-state index is 0.123. The van der Waals surface area contributed by atoms with Crippen LogP contribution in [-0.4, -0.2) is 13.1 Å². The fourth-order valence-electron chi connectivity index (χ4n) is 2.43. The Morgan fingerprint density at radius 3 is 2.44 bits per heavy atom. The minimum Gasteiger partial charge on any atom is -0.316 e. The van der Waals surface area contributed by atoms with Crippen molar-refractivity contribution in [1.29, 1.82) is 0 Å². The van der Waals surface area contributed by atoms with Gasteiger partial charge in [-0.15, -0.1) is 0 Å². The van der Waals surface area contributed by atoms with Crippen LogP contribution < -0.4 is 5.32 Å². The molecule has 96 valence electrons. The fourth-order valence-corrected chi connectivity index (χ4v) is 3.11. The minimum absolute atomic E-state index is 0.123. The van der Waals surface area contributed by atoms with Crippen LogP contribution in [0.5, 0.6) is 0 Å². The van der Waals surface area contributed by atoms with Crippen molar-refractivity contribution in [1.82, 2.24) is 5.32 Å². The monoisotopic (exact) mass is 259 g/mol. The molecule has 0 saturated heterocycles. The summed E-state index contributed by atoms with van der Waals surface area (Å²) in [5.41, 5.74) is 2.93. The molecular formula is C16H21NS. The fraction of sp³-hybridized carbons (Fsp3) is 0.375. The molecule has 1 atom stereocenters. The Balaban J connectivity index is 2.21. The van der Waals surface area contributed by atoms with Crippen LogP contribution in [0.4, 0.5) is 0 Å². The zero-order valence-electron chi connectivity index (χ0n) is 11.3. The van der Waals surface area contributed by atoms with Crippen molar-refractivity contribution in [2.75, 3.05) is 7.05 Å². The maximum Gasteiger partial charge on any atom is 0.0196 e. The Kier molecular flexibility index (Phi) is 4.20.